The van der Waals surface area contributed by atoms with Crippen LogP contribution in [0.25, 0.3) is 0 Å². The van der Waals surface area contributed by atoms with E-state index in [4.69, 9.17) is 19.7 Å². The summed E-state index contributed by atoms with van der Waals surface area (Å²) in [6, 6.07) is 4.13. The zero-order valence-corrected chi connectivity index (χ0v) is 28.2. The maximum Gasteiger partial charge on any atom is 0.503 e. The van der Waals surface area contributed by atoms with Gasteiger partial charge in [-0.05, 0) is 40.4 Å². The third kappa shape index (κ3) is 20.6. The third-order valence-electron chi connectivity index (χ3n) is 7.66. The Labute approximate surface area is 257 Å². The Kier molecular flexibility index (Phi) is 21.1. The van der Waals surface area contributed by atoms with Crippen molar-refractivity contribution >= 4 is 12.1 Å². The molecule has 0 aliphatic carbocycles. The first kappa shape index (κ1) is 39.8. The predicted molar refractivity (Wildman–Crippen MR) is 175 cm³/mol. The zero-order valence-electron chi connectivity index (χ0n) is 28.2. The predicted octanol–water partition coefficient (Wildman–Crippen LogP) is 10.9. The number of aryl methyl sites for hydroxylation is 1. The monoisotopic (exact) mass is 592 g/mol. The molecule has 0 aromatic heterocycles. The molecule has 1 aromatic carbocycles. The second kappa shape index (κ2) is 22.3. The number of aromatic hydroxyl groups is 1. The molecular weight excluding hydrogens is 528 g/mol. The maximum atomic E-state index is 12.3. The highest BCUT2D eigenvalue weighted by Gasteiger charge is 2.26. The molecule has 0 saturated heterocycles. The Morgan fingerprint density at radius 1 is 0.643 bits per heavy atom. The van der Waals surface area contributed by atoms with Crippen molar-refractivity contribution in [2.75, 3.05) is 6.61 Å². The molecule has 6 nitrogen and oxygen atoms in total. The molecule has 42 heavy (non-hydrogen) atoms. The number of carboxylic acid groups (broad SMARTS) is 2. The van der Waals surface area contributed by atoms with Crippen LogP contribution in [0, 0.1) is 0 Å². The number of esters is 1. The van der Waals surface area contributed by atoms with Crippen LogP contribution in [0.5, 0.6) is 5.75 Å². The molecule has 0 amide bonds. The van der Waals surface area contributed by atoms with Gasteiger partial charge in [-0.2, -0.15) is 0 Å². The summed E-state index contributed by atoms with van der Waals surface area (Å²) in [7, 11) is 0. The lowest BCUT2D eigenvalue weighted by Gasteiger charge is -2.28. The van der Waals surface area contributed by atoms with Gasteiger partial charge < -0.3 is 20.1 Å². The van der Waals surface area contributed by atoms with Crippen molar-refractivity contribution in [1.29, 1.82) is 0 Å². The number of hydrogen-bond donors (Lipinski definition) is 3. The van der Waals surface area contributed by atoms with E-state index in [9.17, 15) is 9.90 Å². The second-order valence-electron chi connectivity index (χ2n) is 13.8. The zero-order chi connectivity index (χ0) is 32.0. The smallest absolute Gasteiger partial charge is 0.503 e. The molecule has 0 fully saturated rings. The van der Waals surface area contributed by atoms with Gasteiger partial charge >= 0.3 is 12.1 Å². The van der Waals surface area contributed by atoms with Gasteiger partial charge in [0.25, 0.3) is 0 Å². The van der Waals surface area contributed by atoms with Gasteiger partial charge in [-0.3, -0.25) is 4.79 Å². The number of carbonyl (C=O) groups is 2. The van der Waals surface area contributed by atoms with Crippen molar-refractivity contribution in [2.45, 2.75) is 175 Å². The summed E-state index contributed by atoms with van der Waals surface area (Å²) >= 11 is 0. The van der Waals surface area contributed by atoms with Crippen LogP contribution in [0.1, 0.15) is 174 Å². The van der Waals surface area contributed by atoms with Gasteiger partial charge in [0, 0.05) is 6.42 Å². The highest BCUT2D eigenvalue weighted by Crippen LogP contribution is 2.40. The normalized spacial score (nSPS) is 11.6. The van der Waals surface area contributed by atoms with Crippen molar-refractivity contribution in [3.05, 3.63) is 28.8 Å². The van der Waals surface area contributed by atoms with Crippen LogP contribution in [0.3, 0.4) is 0 Å². The van der Waals surface area contributed by atoms with Crippen molar-refractivity contribution in [3.8, 4) is 5.75 Å². The molecule has 0 aliphatic rings. The largest absolute Gasteiger partial charge is 0.507 e. The lowest BCUT2D eigenvalue weighted by molar-refractivity contribution is -0.143. The molecule has 0 saturated carbocycles. The SMILES string of the molecule is CCCCCCCCCCCCCCCCCCOC(=O)CCc1cc(C(C)(C)C)c(O)c(C(C)(C)C)c1.O=C(O)O. The molecule has 0 spiro atoms. The Hall–Kier alpha value is -2.24. The number of hydrogen-bond acceptors (Lipinski definition) is 4. The summed E-state index contributed by atoms with van der Waals surface area (Å²) in [4.78, 5) is 20.9. The van der Waals surface area contributed by atoms with Gasteiger partial charge in [-0.1, -0.05) is 157 Å². The number of benzene rings is 1. The molecule has 0 unspecified atom stereocenters. The van der Waals surface area contributed by atoms with Crippen LogP contribution in [-0.4, -0.2) is 34.1 Å². The van der Waals surface area contributed by atoms with Gasteiger partial charge in [0.2, 0.25) is 0 Å². The van der Waals surface area contributed by atoms with Gasteiger partial charge in [-0.25, -0.2) is 4.79 Å². The summed E-state index contributed by atoms with van der Waals surface area (Å²) in [5.41, 5.74) is 2.67. The van der Waals surface area contributed by atoms with Gasteiger partial charge in [0.1, 0.15) is 5.75 Å². The number of rotatable bonds is 20. The fraction of sp³-hybridized carbons (Fsp3) is 0.778. The Morgan fingerprint density at radius 2 is 0.976 bits per heavy atom. The van der Waals surface area contributed by atoms with Crippen molar-refractivity contribution in [3.63, 3.8) is 0 Å². The molecule has 0 heterocycles. The lowest BCUT2D eigenvalue weighted by Crippen LogP contribution is -2.18. The molecule has 6 heteroatoms. The first-order valence-corrected chi connectivity index (χ1v) is 16.6. The minimum Gasteiger partial charge on any atom is -0.507 e. The number of ether oxygens (including phenoxy) is 1. The fourth-order valence-electron chi connectivity index (χ4n) is 5.14. The van der Waals surface area contributed by atoms with Gasteiger partial charge in [-0.15, -0.1) is 0 Å². The molecule has 1 rings (SSSR count). The van der Waals surface area contributed by atoms with Crippen LogP contribution < -0.4 is 0 Å². The molecule has 0 atom stereocenters. The number of unbranched alkanes of at least 4 members (excludes halogenated alkanes) is 15. The summed E-state index contributed by atoms with van der Waals surface area (Å²) in [5, 5.41) is 24.8. The van der Waals surface area contributed by atoms with E-state index in [1.165, 1.54) is 89.9 Å². The van der Waals surface area contributed by atoms with E-state index >= 15 is 0 Å². The number of phenolic OH excluding ortho intramolecular Hbond substituents is 1. The van der Waals surface area contributed by atoms with Crippen LogP contribution >= 0.6 is 0 Å². The Bertz CT molecular complexity index is 824. The average molecular weight is 593 g/mol. The molecule has 1 aromatic rings. The molecule has 0 bridgehead atoms. The van der Waals surface area contributed by atoms with E-state index in [2.05, 4.69) is 60.6 Å². The van der Waals surface area contributed by atoms with E-state index in [0.29, 0.717) is 25.2 Å². The van der Waals surface area contributed by atoms with Crippen molar-refractivity contribution < 1.29 is 29.6 Å². The summed E-state index contributed by atoms with van der Waals surface area (Å²) in [6.07, 6.45) is 20.7. The minimum atomic E-state index is -1.83. The lowest BCUT2D eigenvalue weighted by atomic mass is 9.78. The maximum absolute atomic E-state index is 12.3. The highest BCUT2D eigenvalue weighted by molar-refractivity contribution is 5.69. The first-order chi connectivity index (χ1) is 19.7. The van der Waals surface area contributed by atoms with Crippen LogP contribution in [0.2, 0.25) is 0 Å². The van der Waals surface area contributed by atoms with E-state index in [-0.39, 0.29) is 16.8 Å². The van der Waals surface area contributed by atoms with Crippen molar-refractivity contribution in [2.24, 2.45) is 0 Å². The summed E-state index contributed by atoms with van der Waals surface area (Å²) < 4.78 is 5.51. The topological polar surface area (TPSA) is 104 Å². The molecular formula is C36H64O6. The summed E-state index contributed by atoms with van der Waals surface area (Å²) in [5.74, 6) is 0.272. The average Bonchev–Trinajstić information content (AvgIpc) is 2.88. The quantitative estimate of drug-likeness (QED) is 0.103. The van der Waals surface area contributed by atoms with E-state index in [1.807, 2.05) is 0 Å². The fourth-order valence-corrected chi connectivity index (χ4v) is 5.14. The van der Waals surface area contributed by atoms with Crippen LogP contribution in [0.15, 0.2) is 12.1 Å². The molecule has 0 radical (unpaired) electrons. The summed E-state index contributed by atoms with van der Waals surface area (Å²) in [6.45, 7) is 15.5. The highest BCUT2D eigenvalue weighted by atomic mass is 16.6. The first-order valence-electron chi connectivity index (χ1n) is 16.6. The van der Waals surface area contributed by atoms with E-state index in [1.54, 1.807) is 0 Å². The van der Waals surface area contributed by atoms with Crippen molar-refractivity contribution in [1.82, 2.24) is 0 Å². The molecule has 3 N–H and O–H groups in total. The van der Waals surface area contributed by atoms with E-state index < -0.39 is 6.16 Å². The number of phenols is 1. The Morgan fingerprint density at radius 3 is 1.31 bits per heavy atom. The number of carbonyl (C=O) groups excluding carboxylic acids is 1. The van der Waals surface area contributed by atoms with Gasteiger partial charge in [0.05, 0.1) is 6.61 Å². The van der Waals surface area contributed by atoms with Gasteiger partial charge in [0.15, 0.2) is 0 Å². The van der Waals surface area contributed by atoms with E-state index in [0.717, 1.165) is 29.5 Å². The second-order valence-corrected chi connectivity index (χ2v) is 13.8. The molecule has 244 valence electrons. The third-order valence-corrected chi connectivity index (χ3v) is 7.66. The standard InChI is InChI=1S/C35H62O3.CH2O3/c1-8-9-10-11-12-13-14-15-16-17-18-19-20-21-22-23-26-38-32(36)25-24-29-27-30(34(2,3)4)33(37)31(28-29)35(5,6)7;2-1(3)4/h27-28,37H,8-26H2,1-7H3;(H2,2,3,4). The molecule has 0 aliphatic heterocycles. The Balaban J connectivity index is 0.00000393. The minimum absolute atomic E-state index is 0.117. The van der Waals surface area contributed by atoms with Crippen LogP contribution in [0.4, 0.5) is 4.79 Å². The van der Waals surface area contributed by atoms with Crippen LogP contribution in [-0.2, 0) is 26.8 Å².